The first-order valence-electron chi connectivity index (χ1n) is 7.25. The summed E-state index contributed by atoms with van der Waals surface area (Å²) in [6.45, 7) is 4.67. The third kappa shape index (κ3) is 5.32. The molecule has 4 N–H and O–H groups in total. The second-order valence-electron chi connectivity index (χ2n) is 6.18. The lowest BCUT2D eigenvalue weighted by Crippen LogP contribution is -2.63. The molecule has 1 aromatic rings. The lowest BCUT2D eigenvalue weighted by atomic mass is 9.96. The molecule has 0 bridgehead atoms. The van der Waals surface area contributed by atoms with Gasteiger partial charge in [0.15, 0.2) is 0 Å². The number of carbonyl (C=O) groups excluding carboxylic acids is 2. The maximum Gasteiger partial charge on any atom is 0.340 e. The van der Waals surface area contributed by atoms with E-state index < -0.39 is 35.5 Å². The molecule has 8 nitrogen and oxygen atoms in total. The van der Waals surface area contributed by atoms with Crippen LogP contribution in [0.3, 0.4) is 0 Å². The number of ether oxygens (including phenoxy) is 2. The van der Waals surface area contributed by atoms with Crippen LogP contribution < -0.4 is 11.3 Å². The lowest BCUT2D eigenvalue weighted by Gasteiger charge is -2.29. The predicted molar refractivity (Wildman–Crippen MR) is 84.4 cm³/mol. The number of hydrogen-bond acceptors (Lipinski definition) is 7. The van der Waals surface area contributed by atoms with Crippen LogP contribution in [0.5, 0.6) is 0 Å². The van der Waals surface area contributed by atoms with Crippen LogP contribution in [0.15, 0.2) is 30.3 Å². The summed E-state index contributed by atoms with van der Waals surface area (Å²) < 4.78 is 10.1. The van der Waals surface area contributed by atoms with Gasteiger partial charge in [-0.15, -0.1) is 0 Å². The van der Waals surface area contributed by atoms with Gasteiger partial charge < -0.3 is 14.6 Å². The van der Waals surface area contributed by atoms with E-state index >= 15 is 0 Å². The monoisotopic (exact) mass is 338 g/mol. The van der Waals surface area contributed by atoms with Gasteiger partial charge in [-0.3, -0.25) is 10.6 Å². The molecular weight excluding hydrogens is 316 g/mol. The molecule has 0 amide bonds. The van der Waals surface area contributed by atoms with E-state index in [1.165, 1.54) is 0 Å². The van der Waals surface area contributed by atoms with Crippen molar-refractivity contribution in [1.82, 2.24) is 5.43 Å². The van der Waals surface area contributed by atoms with Crippen LogP contribution in [0.2, 0.25) is 0 Å². The topological polar surface area (TPSA) is 128 Å². The standard InChI is InChI=1S/C16H22N2O6/c1-15(2,3)24-14(22)16(18-17,13(20)21)9-12(19)23-10-11-7-5-4-6-8-11/h4-8,18H,9-10,17H2,1-3H3,(H,20,21)/t16-/m0/s1. The molecule has 0 aliphatic heterocycles. The summed E-state index contributed by atoms with van der Waals surface area (Å²) in [5.41, 5.74) is -0.739. The number of rotatable bonds is 7. The van der Waals surface area contributed by atoms with Gasteiger partial charge in [0.1, 0.15) is 12.2 Å². The van der Waals surface area contributed by atoms with Gasteiger partial charge in [-0.05, 0) is 26.3 Å². The third-order valence-electron chi connectivity index (χ3n) is 3.01. The van der Waals surface area contributed by atoms with Crippen molar-refractivity contribution in [2.24, 2.45) is 5.84 Å². The maximum absolute atomic E-state index is 12.2. The van der Waals surface area contributed by atoms with Crippen molar-refractivity contribution in [2.75, 3.05) is 0 Å². The number of esters is 2. The SMILES string of the molecule is CC(C)(C)OC(=O)[C@@](CC(=O)OCc1ccccc1)(NN)C(=O)O. The Bertz CT molecular complexity index is 596. The number of carbonyl (C=O) groups is 3. The Morgan fingerprint density at radius 1 is 1.17 bits per heavy atom. The van der Waals surface area contributed by atoms with Crippen molar-refractivity contribution in [3.63, 3.8) is 0 Å². The minimum Gasteiger partial charge on any atom is -0.479 e. The van der Waals surface area contributed by atoms with Gasteiger partial charge >= 0.3 is 17.9 Å². The predicted octanol–water partition coefficient (Wildman–Crippen LogP) is 0.748. The molecule has 1 atom stereocenters. The molecule has 0 aliphatic rings. The van der Waals surface area contributed by atoms with Crippen LogP contribution in [-0.2, 0) is 30.5 Å². The summed E-state index contributed by atoms with van der Waals surface area (Å²) in [5, 5.41) is 9.37. The highest BCUT2D eigenvalue weighted by Crippen LogP contribution is 2.19. The molecular formula is C16H22N2O6. The van der Waals surface area contributed by atoms with E-state index in [1.807, 2.05) is 11.5 Å². The molecule has 0 unspecified atom stereocenters. The van der Waals surface area contributed by atoms with Gasteiger partial charge in [0, 0.05) is 0 Å². The summed E-state index contributed by atoms with van der Waals surface area (Å²) in [7, 11) is 0. The Morgan fingerprint density at radius 2 is 1.75 bits per heavy atom. The molecule has 0 radical (unpaired) electrons. The molecule has 0 heterocycles. The molecule has 0 spiro atoms. The quantitative estimate of drug-likeness (QED) is 0.287. The van der Waals surface area contributed by atoms with Gasteiger partial charge in [-0.2, -0.15) is 0 Å². The molecule has 0 saturated heterocycles. The van der Waals surface area contributed by atoms with E-state index in [0.29, 0.717) is 0 Å². The van der Waals surface area contributed by atoms with Gasteiger partial charge in [-0.25, -0.2) is 15.0 Å². The Morgan fingerprint density at radius 3 is 2.21 bits per heavy atom. The van der Waals surface area contributed by atoms with Crippen LogP contribution in [0, 0.1) is 0 Å². The largest absolute Gasteiger partial charge is 0.479 e. The van der Waals surface area contributed by atoms with E-state index in [4.69, 9.17) is 15.3 Å². The molecule has 0 aliphatic carbocycles. The van der Waals surface area contributed by atoms with E-state index in [2.05, 4.69) is 0 Å². The number of nitrogens with two attached hydrogens (primary N) is 1. The van der Waals surface area contributed by atoms with Crippen LogP contribution in [0.25, 0.3) is 0 Å². The molecule has 0 aromatic heterocycles. The molecule has 24 heavy (non-hydrogen) atoms. The van der Waals surface area contributed by atoms with Crippen LogP contribution >= 0.6 is 0 Å². The number of aliphatic carboxylic acids is 1. The van der Waals surface area contributed by atoms with Gasteiger partial charge in [-0.1, -0.05) is 30.3 Å². The summed E-state index contributed by atoms with van der Waals surface area (Å²) in [4.78, 5) is 35.7. The zero-order valence-corrected chi connectivity index (χ0v) is 13.9. The number of carboxylic acid groups (broad SMARTS) is 1. The van der Waals surface area contributed by atoms with Crippen molar-refractivity contribution in [3.8, 4) is 0 Å². The summed E-state index contributed by atoms with van der Waals surface area (Å²) in [5.74, 6) is 1.55. The van der Waals surface area contributed by atoms with E-state index in [9.17, 15) is 19.5 Å². The fourth-order valence-electron chi connectivity index (χ4n) is 1.78. The fraction of sp³-hybridized carbons (Fsp3) is 0.438. The first-order chi connectivity index (χ1) is 11.1. The Labute approximate surface area is 139 Å². The third-order valence-corrected chi connectivity index (χ3v) is 3.01. The van der Waals surface area contributed by atoms with Crippen molar-refractivity contribution in [1.29, 1.82) is 0 Å². The second kappa shape index (κ2) is 7.89. The molecule has 0 saturated carbocycles. The van der Waals surface area contributed by atoms with Crippen molar-refractivity contribution >= 4 is 17.9 Å². The number of nitrogens with one attached hydrogen (secondary N) is 1. The van der Waals surface area contributed by atoms with Gasteiger partial charge in [0.05, 0.1) is 6.42 Å². The number of hydrazine groups is 1. The normalized spacial score (nSPS) is 13.7. The van der Waals surface area contributed by atoms with E-state index in [0.717, 1.165) is 5.56 Å². The second-order valence-corrected chi connectivity index (χ2v) is 6.18. The smallest absolute Gasteiger partial charge is 0.340 e. The average molecular weight is 338 g/mol. The van der Waals surface area contributed by atoms with Crippen molar-refractivity contribution < 1.29 is 29.0 Å². The van der Waals surface area contributed by atoms with E-state index in [1.54, 1.807) is 45.0 Å². The summed E-state index contributed by atoms with van der Waals surface area (Å²) in [6.07, 6.45) is -0.805. The van der Waals surface area contributed by atoms with Crippen molar-refractivity contribution in [3.05, 3.63) is 35.9 Å². The summed E-state index contributed by atoms with van der Waals surface area (Å²) in [6, 6.07) is 8.83. The summed E-state index contributed by atoms with van der Waals surface area (Å²) >= 11 is 0. The van der Waals surface area contributed by atoms with Gasteiger partial charge in [0.2, 0.25) is 5.54 Å². The molecule has 132 valence electrons. The zero-order valence-electron chi connectivity index (χ0n) is 13.9. The highest BCUT2D eigenvalue weighted by Gasteiger charge is 2.50. The maximum atomic E-state index is 12.2. The lowest BCUT2D eigenvalue weighted by molar-refractivity contribution is -0.175. The molecule has 0 fully saturated rings. The zero-order chi connectivity index (χ0) is 18.4. The van der Waals surface area contributed by atoms with E-state index in [-0.39, 0.29) is 6.61 Å². The Balaban J connectivity index is 2.83. The Kier molecular flexibility index (Phi) is 6.44. The Hall–Kier alpha value is -2.45. The number of benzene rings is 1. The van der Waals surface area contributed by atoms with Crippen LogP contribution in [0.1, 0.15) is 32.8 Å². The molecule has 1 rings (SSSR count). The molecule has 1 aromatic carbocycles. The highest BCUT2D eigenvalue weighted by atomic mass is 16.6. The first-order valence-corrected chi connectivity index (χ1v) is 7.25. The van der Waals surface area contributed by atoms with Crippen LogP contribution in [0.4, 0.5) is 0 Å². The fourth-order valence-corrected chi connectivity index (χ4v) is 1.78. The minimum atomic E-state index is -2.42. The average Bonchev–Trinajstić information content (AvgIpc) is 2.49. The minimum absolute atomic E-state index is 0.0474. The molecule has 8 heteroatoms. The van der Waals surface area contributed by atoms with Crippen molar-refractivity contribution in [2.45, 2.75) is 44.9 Å². The first kappa shape index (κ1) is 19.6. The number of hydrogen-bond donors (Lipinski definition) is 3. The van der Waals surface area contributed by atoms with Gasteiger partial charge in [0.25, 0.3) is 0 Å². The highest BCUT2D eigenvalue weighted by molar-refractivity contribution is 6.07. The van der Waals surface area contributed by atoms with Crippen LogP contribution in [-0.4, -0.2) is 34.2 Å². The number of carboxylic acids is 1.